The van der Waals surface area contributed by atoms with Crippen molar-refractivity contribution in [3.8, 4) is 0 Å². The van der Waals surface area contributed by atoms with Gasteiger partial charge in [-0.1, -0.05) is 30.3 Å². The number of aliphatic imine (C=N–C) groups is 1. The fourth-order valence-corrected chi connectivity index (χ4v) is 5.15. The Kier molecular flexibility index (Phi) is 7.88. The zero-order valence-electron chi connectivity index (χ0n) is 18.2. The van der Waals surface area contributed by atoms with Crippen LogP contribution in [-0.2, 0) is 19.6 Å². The minimum Gasteiger partial charge on any atom is -0.481 e. The maximum absolute atomic E-state index is 13.2. The number of nitrogens with zero attached hydrogens (tertiary/aromatic N) is 2. The number of aliphatic carboxylic acids is 1. The van der Waals surface area contributed by atoms with Gasteiger partial charge in [0.1, 0.15) is 6.04 Å². The average Bonchev–Trinajstić information content (AvgIpc) is 2.80. The van der Waals surface area contributed by atoms with Crippen molar-refractivity contribution < 1.29 is 23.1 Å². The number of carboxylic acids is 1. The number of likely N-dealkylation sites (tertiary alicyclic amines) is 1. The summed E-state index contributed by atoms with van der Waals surface area (Å²) in [7, 11) is -3.99. The number of benzene rings is 2. The van der Waals surface area contributed by atoms with Crippen LogP contribution in [-0.4, -0.2) is 61.9 Å². The van der Waals surface area contributed by atoms with E-state index >= 15 is 0 Å². The van der Waals surface area contributed by atoms with Crippen molar-refractivity contribution in [1.82, 2.24) is 9.62 Å². The Balaban J connectivity index is 1.78. The Morgan fingerprint density at radius 1 is 1.12 bits per heavy atom. The molecule has 1 atom stereocenters. The largest absolute Gasteiger partial charge is 0.481 e. The molecule has 0 aromatic heterocycles. The number of rotatable bonds is 9. The molecule has 1 aliphatic rings. The van der Waals surface area contributed by atoms with Crippen LogP contribution in [0.2, 0.25) is 0 Å². The van der Waals surface area contributed by atoms with E-state index in [0.717, 1.165) is 10.8 Å². The molecule has 178 valence electrons. The molecular weight excluding hydrogens is 446 g/mol. The Bertz CT molecular complexity index is 1140. The van der Waals surface area contributed by atoms with Gasteiger partial charge < -0.3 is 21.5 Å². The summed E-state index contributed by atoms with van der Waals surface area (Å²) < 4.78 is 28.8. The highest BCUT2D eigenvalue weighted by Crippen LogP contribution is 2.21. The number of hydrogen-bond acceptors (Lipinski definition) is 5. The highest BCUT2D eigenvalue weighted by Gasteiger charge is 2.33. The third kappa shape index (κ3) is 6.42. The Morgan fingerprint density at radius 3 is 2.42 bits per heavy atom. The highest BCUT2D eigenvalue weighted by atomic mass is 32.2. The number of hydrogen-bond donors (Lipinski definition) is 4. The van der Waals surface area contributed by atoms with E-state index in [0.29, 0.717) is 19.3 Å². The molecule has 0 bridgehead atoms. The molecule has 0 radical (unpaired) electrons. The van der Waals surface area contributed by atoms with E-state index in [1.165, 1.54) is 11.0 Å². The lowest BCUT2D eigenvalue weighted by Crippen LogP contribution is -2.51. The number of guanidine groups is 1. The zero-order chi connectivity index (χ0) is 24.0. The molecule has 1 aliphatic heterocycles. The fourth-order valence-electron chi connectivity index (χ4n) is 3.89. The third-order valence-corrected chi connectivity index (χ3v) is 7.20. The molecule has 2 aromatic rings. The summed E-state index contributed by atoms with van der Waals surface area (Å²) in [4.78, 5) is 29.9. The smallest absolute Gasteiger partial charge is 0.306 e. The van der Waals surface area contributed by atoms with E-state index in [2.05, 4.69) is 9.71 Å². The molecule has 1 heterocycles. The first-order valence-corrected chi connectivity index (χ1v) is 12.2. The van der Waals surface area contributed by atoms with Crippen molar-refractivity contribution in [2.75, 3.05) is 19.6 Å². The van der Waals surface area contributed by atoms with Crippen LogP contribution in [0.3, 0.4) is 0 Å². The van der Waals surface area contributed by atoms with Gasteiger partial charge in [0.25, 0.3) is 0 Å². The number of carbonyl (C=O) groups is 2. The van der Waals surface area contributed by atoms with E-state index < -0.39 is 28.0 Å². The number of piperidine rings is 1. The fraction of sp³-hybridized carbons (Fsp3) is 0.409. The van der Waals surface area contributed by atoms with Crippen LogP contribution in [0.1, 0.15) is 25.7 Å². The highest BCUT2D eigenvalue weighted by molar-refractivity contribution is 7.89. The van der Waals surface area contributed by atoms with Crippen molar-refractivity contribution in [2.24, 2.45) is 22.4 Å². The van der Waals surface area contributed by atoms with Gasteiger partial charge in [-0.05, 0) is 48.6 Å². The molecule has 10 nitrogen and oxygen atoms in total. The van der Waals surface area contributed by atoms with E-state index in [1.54, 1.807) is 12.1 Å². The number of nitrogens with two attached hydrogens (primary N) is 2. The van der Waals surface area contributed by atoms with Gasteiger partial charge in [0.15, 0.2) is 5.96 Å². The first-order valence-electron chi connectivity index (χ1n) is 10.8. The summed E-state index contributed by atoms with van der Waals surface area (Å²) in [6.07, 6.45) is 1.25. The quantitative estimate of drug-likeness (QED) is 0.237. The van der Waals surface area contributed by atoms with Gasteiger partial charge in [-0.3, -0.25) is 14.6 Å². The van der Waals surface area contributed by atoms with Crippen molar-refractivity contribution in [3.05, 3.63) is 42.5 Å². The van der Waals surface area contributed by atoms with Gasteiger partial charge in [0, 0.05) is 19.6 Å². The molecule has 33 heavy (non-hydrogen) atoms. The summed E-state index contributed by atoms with van der Waals surface area (Å²) >= 11 is 0. The second-order valence-corrected chi connectivity index (χ2v) is 9.78. The lowest BCUT2D eigenvalue weighted by molar-refractivity contribution is -0.146. The van der Waals surface area contributed by atoms with Crippen LogP contribution in [0.4, 0.5) is 0 Å². The Labute approximate surface area is 192 Å². The monoisotopic (exact) mass is 475 g/mol. The van der Waals surface area contributed by atoms with Crippen LogP contribution in [0, 0.1) is 5.92 Å². The van der Waals surface area contributed by atoms with Gasteiger partial charge in [0.2, 0.25) is 15.9 Å². The molecule has 11 heteroatoms. The van der Waals surface area contributed by atoms with Crippen molar-refractivity contribution in [1.29, 1.82) is 0 Å². The van der Waals surface area contributed by atoms with Gasteiger partial charge >= 0.3 is 5.97 Å². The number of fused-ring (bicyclic) bond motifs is 1. The van der Waals surface area contributed by atoms with E-state index in [9.17, 15) is 23.1 Å². The van der Waals surface area contributed by atoms with Crippen LogP contribution in [0.25, 0.3) is 10.8 Å². The molecule has 1 saturated heterocycles. The van der Waals surface area contributed by atoms with Crippen LogP contribution in [0.15, 0.2) is 52.4 Å². The summed E-state index contributed by atoms with van der Waals surface area (Å²) in [6, 6.07) is 11.2. The first-order chi connectivity index (χ1) is 15.7. The second kappa shape index (κ2) is 10.6. The summed E-state index contributed by atoms with van der Waals surface area (Å²) in [5.74, 6) is -1.84. The normalized spacial score (nSPS) is 15.8. The number of carboxylic acid groups (broad SMARTS) is 1. The SMILES string of the molecule is NC(N)=NCCC[C@H](NS(=O)(=O)c1ccc2ccccc2c1)C(=O)N1CCC(C(=O)O)CC1. The third-order valence-electron chi connectivity index (χ3n) is 5.73. The molecule has 0 aliphatic carbocycles. The molecule has 1 amide bonds. The van der Waals surface area contributed by atoms with Crippen molar-refractivity contribution >= 4 is 38.6 Å². The van der Waals surface area contributed by atoms with E-state index in [-0.39, 0.29) is 42.8 Å². The predicted octanol–water partition coefficient (Wildman–Crippen LogP) is 0.864. The standard InChI is InChI=1S/C22H29N5O5S/c23-22(24)25-11-3-6-19(20(28)27-12-9-16(10-13-27)21(29)30)26-33(31,32)18-8-7-15-4-1-2-5-17(15)14-18/h1-2,4-5,7-8,14,16,19,26H,3,6,9-13H2,(H,29,30)(H4,23,24,25)/t19-/m0/s1. The minimum absolute atomic E-state index is 0.0628. The van der Waals surface area contributed by atoms with Gasteiger partial charge in [-0.2, -0.15) is 4.72 Å². The molecule has 2 aromatic carbocycles. The van der Waals surface area contributed by atoms with Crippen LogP contribution in [0.5, 0.6) is 0 Å². The number of carbonyl (C=O) groups excluding carboxylic acids is 1. The Hall–Kier alpha value is -3.18. The molecule has 0 saturated carbocycles. The average molecular weight is 476 g/mol. The lowest BCUT2D eigenvalue weighted by Gasteiger charge is -2.33. The molecule has 1 fully saturated rings. The van der Waals surface area contributed by atoms with Gasteiger partial charge in [-0.15, -0.1) is 0 Å². The topological polar surface area (TPSA) is 168 Å². The molecular formula is C22H29N5O5S. The summed E-state index contributed by atoms with van der Waals surface area (Å²) in [5, 5.41) is 10.9. The maximum atomic E-state index is 13.2. The minimum atomic E-state index is -3.99. The van der Waals surface area contributed by atoms with Crippen LogP contribution >= 0.6 is 0 Å². The number of sulfonamides is 1. The molecule has 0 spiro atoms. The molecule has 6 N–H and O–H groups in total. The van der Waals surface area contributed by atoms with Crippen molar-refractivity contribution in [3.63, 3.8) is 0 Å². The van der Waals surface area contributed by atoms with Gasteiger partial charge in [0.05, 0.1) is 10.8 Å². The maximum Gasteiger partial charge on any atom is 0.306 e. The second-order valence-electron chi connectivity index (χ2n) is 8.07. The van der Waals surface area contributed by atoms with Crippen molar-refractivity contribution in [2.45, 2.75) is 36.6 Å². The van der Waals surface area contributed by atoms with E-state index in [1.807, 2.05) is 24.3 Å². The predicted molar refractivity (Wildman–Crippen MR) is 125 cm³/mol. The van der Waals surface area contributed by atoms with E-state index in [4.69, 9.17) is 11.5 Å². The molecule has 3 rings (SSSR count). The number of amides is 1. The van der Waals surface area contributed by atoms with Crippen LogP contribution < -0.4 is 16.2 Å². The summed E-state index contributed by atoms with van der Waals surface area (Å²) in [6.45, 7) is 0.778. The summed E-state index contributed by atoms with van der Waals surface area (Å²) in [5.41, 5.74) is 10.7. The Morgan fingerprint density at radius 2 is 1.79 bits per heavy atom. The molecule has 0 unspecified atom stereocenters. The lowest BCUT2D eigenvalue weighted by atomic mass is 9.96. The number of nitrogens with one attached hydrogen (secondary N) is 1. The zero-order valence-corrected chi connectivity index (χ0v) is 19.0. The van der Waals surface area contributed by atoms with Gasteiger partial charge in [-0.25, -0.2) is 8.42 Å². The first kappa shape index (κ1) is 24.5.